The molecule has 2 fully saturated rings. The number of fused-ring (bicyclic) bond motifs is 3. The van der Waals surface area contributed by atoms with Gasteiger partial charge in [0.05, 0.1) is 30.9 Å². The minimum Gasteiger partial charge on any atom is -0.497 e. The third-order valence-electron chi connectivity index (χ3n) is 9.18. The molecule has 5 rings (SSSR count). The van der Waals surface area contributed by atoms with E-state index in [9.17, 15) is 27.6 Å². The van der Waals surface area contributed by atoms with Crippen molar-refractivity contribution in [1.29, 1.82) is 0 Å². The van der Waals surface area contributed by atoms with Gasteiger partial charge in [0.2, 0.25) is 23.3 Å². The molecule has 3 aliphatic rings. The van der Waals surface area contributed by atoms with Crippen LogP contribution in [0.1, 0.15) is 59.8 Å². The molecule has 0 radical (unpaired) electrons. The Morgan fingerprint density at radius 2 is 1.85 bits per heavy atom. The lowest BCUT2D eigenvalue weighted by molar-refractivity contribution is -0.244. The number of nitrogens with one attached hydrogen (secondary N) is 2. The summed E-state index contributed by atoms with van der Waals surface area (Å²) in [5, 5.41) is 5.46. The van der Waals surface area contributed by atoms with E-state index in [-0.39, 0.29) is 42.6 Å². The molecule has 0 spiro atoms. The third-order valence-corrected chi connectivity index (χ3v) is 9.18. The highest BCUT2D eigenvalue weighted by Gasteiger charge is 2.52. The van der Waals surface area contributed by atoms with Crippen molar-refractivity contribution < 1.29 is 41.8 Å². The molecule has 7 atom stereocenters. The molecular weight excluding hydrogens is 619 g/mol. The van der Waals surface area contributed by atoms with Crippen LogP contribution >= 0.6 is 0 Å². The number of carbonyl (C=O) groups excluding carboxylic acids is 3. The molecule has 2 aromatic rings. The number of aromatic nitrogens is 2. The van der Waals surface area contributed by atoms with Gasteiger partial charge >= 0.3 is 12.3 Å². The second kappa shape index (κ2) is 13.6. The number of alkyl carbamates (subject to hydrolysis) is 1. The largest absolute Gasteiger partial charge is 0.497 e. The van der Waals surface area contributed by atoms with Gasteiger partial charge in [-0.15, -0.1) is 0 Å². The zero-order valence-corrected chi connectivity index (χ0v) is 27.2. The SMILES string of the molecule is COc1ccc2ncc(O[C@@H]3C[C@H]4C(=O)N[C@@H]5C[C@H]5/C=C\[C@H](C)CCC[C@@H](C)[C@H](NC(=O)OC(C)(C)C(F)(F)F)C(=O)N4C3)nc2c1. The fourth-order valence-electron chi connectivity index (χ4n) is 6.01. The number of halogens is 3. The maximum Gasteiger partial charge on any atom is 0.427 e. The number of allylic oxidation sites excluding steroid dienone is 1. The Labute approximate surface area is 271 Å². The normalized spacial score (nSPS) is 29.4. The first-order valence-electron chi connectivity index (χ1n) is 16.0. The third kappa shape index (κ3) is 8.07. The van der Waals surface area contributed by atoms with Gasteiger partial charge in [0.15, 0.2) is 0 Å². The van der Waals surface area contributed by atoms with Gasteiger partial charge in [-0.1, -0.05) is 32.4 Å². The Kier molecular flexibility index (Phi) is 9.88. The first-order valence-corrected chi connectivity index (χ1v) is 16.0. The minimum atomic E-state index is -4.83. The number of hydrogen-bond acceptors (Lipinski definition) is 8. The topological polar surface area (TPSA) is 132 Å². The maximum absolute atomic E-state index is 14.3. The van der Waals surface area contributed by atoms with E-state index in [4.69, 9.17) is 14.2 Å². The Morgan fingerprint density at radius 3 is 2.57 bits per heavy atom. The van der Waals surface area contributed by atoms with Crippen LogP contribution in [0.5, 0.6) is 11.6 Å². The van der Waals surface area contributed by atoms with Crippen molar-refractivity contribution in [3.05, 3.63) is 36.5 Å². The zero-order valence-electron chi connectivity index (χ0n) is 27.2. The summed E-state index contributed by atoms with van der Waals surface area (Å²) in [5.41, 5.74) is -1.63. The molecule has 11 nitrogen and oxygen atoms in total. The minimum absolute atomic E-state index is 0.0201. The molecule has 256 valence electrons. The van der Waals surface area contributed by atoms with E-state index in [1.807, 2.05) is 0 Å². The van der Waals surface area contributed by atoms with E-state index in [1.165, 1.54) is 18.2 Å². The van der Waals surface area contributed by atoms with Crippen LogP contribution in [0.3, 0.4) is 0 Å². The van der Waals surface area contributed by atoms with Crippen LogP contribution in [0.25, 0.3) is 11.0 Å². The summed E-state index contributed by atoms with van der Waals surface area (Å²) in [6, 6.07) is 2.96. The number of ether oxygens (including phenoxy) is 3. The van der Waals surface area contributed by atoms with Gasteiger partial charge in [-0.3, -0.25) is 9.59 Å². The molecule has 14 heteroatoms. The van der Waals surface area contributed by atoms with Crippen molar-refractivity contribution in [2.24, 2.45) is 17.8 Å². The number of amides is 3. The number of hydrogen-bond donors (Lipinski definition) is 2. The van der Waals surface area contributed by atoms with E-state index in [1.54, 1.807) is 25.1 Å². The number of rotatable bonds is 5. The molecule has 1 aromatic heterocycles. The average molecular weight is 662 g/mol. The Hall–Kier alpha value is -4.10. The number of alkyl halides is 3. The molecule has 3 amide bonds. The van der Waals surface area contributed by atoms with Crippen LogP contribution < -0.4 is 20.1 Å². The summed E-state index contributed by atoms with van der Waals surface area (Å²) in [4.78, 5) is 51.1. The standard InChI is InChI=1S/C33H42F3N5O6/c1-18-7-6-8-19(2)28(40-31(44)47-32(3,4)33(34,35)36)30(43)41-17-22(15-26(41)29(42)39-24-13-20(24)10-9-18)46-27-16-37-23-12-11-21(45-5)14-25(23)38-27/h9-12,14,16,18-20,22,24,26,28H,6-8,13,15,17H2,1-5H3,(H,39,42)(H,40,44)/b10-9-/t18-,19-,20-,22-,24-,26+,28+/m1/s1. The van der Waals surface area contributed by atoms with Crippen LogP contribution in [0.15, 0.2) is 36.5 Å². The molecule has 0 unspecified atom stereocenters. The highest BCUT2D eigenvalue weighted by Crippen LogP contribution is 2.35. The molecule has 0 bridgehead atoms. The van der Waals surface area contributed by atoms with Gasteiger partial charge in [-0.05, 0) is 63.0 Å². The van der Waals surface area contributed by atoms with E-state index < -0.39 is 47.9 Å². The molecule has 47 heavy (non-hydrogen) atoms. The molecule has 2 aliphatic heterocycles. The number of nitrogens with zero attached hydrogens (tertiary/aromatic N) is 3. The molecule has 1 aliphatic carbocycles. The van der Waals surface area contributed by atoms with Crippen molar-refractivity contribution in [1.82, 2.24) is 25.5 Å². The van der Waals surface area contributed by atoms with Crippen molar-refractivity contribution >= 4 is 28.9 Å². The average Bonchev–Trinajstić information content (AvgIpc) is 3.61. The lowest BCUT2D eigenvalue weighted by atomic mass is 9.92. The van der Waals surface area contributed by atoms with Gasteiger partial charge in [0.1, 0.15) is 23.9 Å². The lowest BCUT2D eigenvalue weighted by Crippen LogP contribution is -2.57. The van der Waals surface area contributed by atoms with E-state index in [0.717, 1.165) is 26.7 Å². The number of methoxy groups -OCH3 is 1. The lowest BCUT2D eigenvalue weighted by Gasteiger charge is -2.33. The van der Waals surface area contributed by atoms with Crippen LogP contribution in [-0.4, -0.2) is 82.4 Å². The molecule has 3 heterocycles. The second-order valence-electron chi connectivity index (χ2n) is 13.3. The van der Waals surface area contributed by atoms with Gasteiger partial charge in [-0.25, -0.2) is 14.8 Å². The Balaban J connectivity index is 1.41. The summed E-state index contributed by atoms with van der Waals surface area (Å²) in [7, 11) is 1.54. The molecular formula is C33H42F3N5O6. The smallest absolute Gasteiger partial charge is 0.427 e. The number of benzene rings is 1. The molecule has 1 aromatic carbocycles. The van der Waals surface area contributed by atoms with Crippen molar-refractivity contribution in [3.8, 4) is 11.6 Å². The van der Waals surface area contributed by atoms with E-state index >= 15 is 0 Å². The van der Waals surface area contributed by atoms with Crippen LogP contribution in [0, 0.1) is 17.8 Å². The second-order valence-corrected chi connectivity index (χ2v) is 13.3. The monoisotopic (exact) mass is 661 g/mol. The molecule has 1 saturated carbocycles. The summed E-state index contributed by atoms with van der Waals surface area (Å²) >= 11 is 0. The van der Waals surface area contributed by atoms with Crippen LogP contribution in [-0.2, 0) is 14.3 Å². The Morgan fingerprint density at radius 1 is 1.09 bits per heavy atom. The summed E-state index contributed by atoms with van der Waals surface area (Å²) in [6.07, 6.45) is 1.81. The van der Waals surface area contributed by atoms with E-state index in [2.05, 4.69) is 39.7 Å². The first-order chi connectivity index (χ1) is 22.1. The van der Waals surface area contributed by atoms with Crippen molar-refractivity contribution in [2.45, 2.75) is 95.8 Å². The van der Waals surface area contributed by atoms with Crippen LogP contribution in [0.4, 0.5) is 18.0 Å². The predicted octanol–water partition coefficient (Wildman–Crippen LogP) is 4.94. The fraction of sp³-hybridized carbons (Fsp3) is 0.606. The van der Waals surface area contributed by atoms with E-state index in [0.29, 0.717) is 29.6 Å². The quantitative estimate of drug-likeness (QED) is 0.431. The maximum atomic E-state index is 14.3. The van der Waals surface area contributed by atoms with Gasteiger partial charge in [0, 0.05) is 18.5 Å². The van der Waals surface area contributed by atoms with Crippen molar-refractivity contribution in [2.75, 3.05) is 13.7 Å². The zero-order chi connectivity index (χ0) is 34.1. The fourth-order valence-corrected chi connectivity index (χ4v) is 6.01. The summed E-state index contributed by atoms with van der Waals surface area (Å²) in [5.74, 6) is -0.218. The van der Waals surface area contributed by atoms with Gasteiger partial charge in [0.25, 0.3) is 0 Å². The summed E-state index contributed by atoms with van der Waals surface area (Å²) in [6.45, 7) is 5.29. The number of carbonyl (C=O) groups is 3. The predicted molar refractivity (Wildman–Crippen MR) is 166 cm³/mol. The van der Waals surface area contributed by atoms with Gasteiger partial charge < -0.3 is 29.7 Å². The van der Waals surface area contributed by atoms with Crippen molar-refractivity contribution in [3.63, 3.8) is 0 Å². The molecule has 1 saturated heterocycles. The molecule has 2 N–H and O–H groups in total. The summed E-state index contributed by atoms with van der Waals surface area (Å²) < 4.78 is 56.7. The van der Waals surface area contributed by atoms with Crippen LogP contribution in [0.2, 0.25) is 0 Å². The first kappa shape index (κ1) is 34.2. The highest BCUT2D eigenvalue weighted by atomic mass is 19.4. The Bertz CT molecular complexity index is 1520. The highest BCUT2D eigenvalue weighted by molar-refractivity contribution is 5.92. The van der Waals surface area contributed by atoms with Gasteiger partial charge in [-0.2, -0.15) is 13.2 Å².